The first-order valence-corrected chi connectivity index (χ1v) is 4.78. The quantitative estimate of drug-likeness (QED) is 0.638. The lowest BCUT2D eigenvalue weighted by molar-refractivity contribution is 0.127. The molecule has 0 amide bonds. The molecular formula is C9H13N3O. The molecule has 0 bridgehead atoms. The highest BCUT2D eigenvalue weighted by molar-refractivity contribution is 5.21. The van der Waals surface area contributed by atoms with E-state index in [0.717, 1.165) is 37.5 Å². The van der Waals surface area contributed by atoms with Crippen LogP contribution >= 0.6 is 0 Å². The smallest absolute Gasteiger partial charge is 0.126 e. The summed E-state index contributed by atoms with van der Waals surface area (Å²) in [6.07, 6.45) is 2.23. The van der Waals surface area contributed by atoms with Crippen molar-refractivity contribution in [2.45, 2.75) is 38.6 Å². The molecule has 0 radical (unpaired) electrons. The highest BCUT2D eigenvalue weighted by Gasteiger charge is 2.27. The highest BCUT2D eigenvalue weighted by atomic mass is 16.5. The van der Waals surface area contributed by atoms with Crippen molar-refractivity contribution < 1.29 is 4.74 Å². The summed E-state index contributed by atoms with van der Waals surface area (Å²) >= 11 is 0. The first-order chi connectivity index (χ1) is 6.36. The van der Waals surface area contributed by atoms with Crippen LogP contribution in [0.4, 0.5) is 0 Å². The lowest BCUT2D eigenvalue weighted by atomic mass is 10.1. The van der Waals surface area contributed by atoms with Crippen LogP contribution in [-0.4, -0.2) is 9.55 Å². The van der Waals surface area contributed by atoms with E-state index in [1.54, 1.807) is 0 Å². The van der Waals surface area contributed by atoms with Crippen LogP contribution in [0.3, 0.4) is 0 Å². The molecule has 0 aliphatic carbocycles. The Morgan fingerprint density at radius 2 is 2.38 bits per heavy atom. The van der Waals surface area contributed by atoms with Crippen LogP contribution < -0.4 is 5.73 Å². The van der Waals surface area contributed by atoms with Gasteiger partial charge in [0, 0.05) is 6.54 Å². The van der Waals surface area contributed by atoms with Gasteiger partial charge in [-0.1, -0.05) is 0 Å². The van der Waals surface area contributed by atoms with E-state index in [2.05, 4.69) is 9.55 Å². The maximum Gasteiger partial charge on any atom is 0.126 e. The Labute approximate surface area is 76.7 Å². The van der Waals surface area contributed by atoms with E-state index in [9.17, 15) is 0 Å². The predicted molar refractivity (Wildman–Crippen MR) is 46.9 cm³/mol. The first-order valence-electron chi connectivity index (χ1n) is 4.78. The maximum absolute atomic E-state index is 5.98. The second kappa shape index (κ2) is 2.56. The van der Waals surface area contributed by atoms with Gasteiger partial charge >= 0.3 is 0 Å². The van der Waals surface area contributed by atoms with Crippen LogP contribution in [0, 0.1) is 0 Å². The van der Waals surface area contributed by atoms with Gasteiger partial charge in [0.05, 0.1) is 30.6 Å². The summed E-state index contributed by atoms with van der Waals surface area (Å²) in [4.78, 5) is 4.53. The van der Waals surface area contributed by atoms with E-state index < -0.39 is 0 Å². The zero-order valence-corrected chi connectivity index (χ0v) is 7.49. The van der Waals surface area contributed by atoms with Gasteiger partial charge in [-0.2, -0.15) is 0 Å². The van der Waals surface area contributed by atoms with Crippen LogP contribution in [0.5, 0.6) is 0 Å². The van der Waals surface area contributed by atoms with Gasteiger partial charge in [0.25, 0.3) is 0 Å². The summed E-state index contributed by atoms with van der Waals surface area (Å²) in [5.74, 6) is 1.07. The molecule has 0 aromatic carbocycles. The molecular weight excluding hydrogens is 166 g/mol. The molecule has 1 aromatic rings. The molecule has 1 atom stereocenters. The Morgan fingerprint density at radius 1 is 1.46 bits per heavy atom. The Bertz CT molecular complexity index is 345. The van der Waals surface area contributed by atoms with Crippen molar-refractivity contribution in [3.63, 3.8) is 0 Å². The van der Waals surface area contributed by atoms with Crippen molar-refractivity contribution >= 4 is 0 Å². The number of fused-ring (bicyclic) bond motifs is 3. The molecule has 2 aliphatic rings. The number of rotatable bonds is 0. The predicted octanol–water partition coefficient (Wildman–Crippen LogP) is 0.707. The maximum atomic E-state index is 5.98. The summed E-state index contributed by atoms with van der Waals surface area (Å²) in [7, 11) is 0. The third-order valence-electron chi connectivity index (χ3n) is 2.89. The molecule has 3 heterocycles. The average Bonchev–Trinajstić information content (AvgIpc) is 2.65. The van der Waals surface area contributed by atoms with Crippen molar-refractivity contribution in [2.24, 2.45) is 5.73 Å². The number of hydrogen-bond donors (Lipinski definition) is 1. The van der Waals surface area contributed by atoms with Gasteiger partial charge in [-0.25, -0.2) is 4.98 Å². The zero-order chi connectivity index (χ0) is 8.84. The summed E-state index contributed by atoms with van der Waals surface area (Å²) in [5, 5.41) is 0. The van der Waals surface area contributed by atoms with Crippen LogP contribution in [0.1, 0.15) is 36.1 Å². The molecule has 4 heteroatoms. The SMILES string of the molecule is NC1CCCn2c1nc1c2COC1. The standard InChI is InChI=1S/C9H13N3O/c10-6-2-1-3-12-8-5-13-4-7(8)11-9(6)12/h6H,1-5,10H2. The molecule has 3 rings (SSSR count). The fourth-order valence-electron chi connectivity index (χ4n) is 2.21. The minimum absolute atomic E-state index is 0.138. The normalized spacial score (nSPS) is 25.8. The highest BCUT2D eigenvalue weighted by Crippen LogP contribution is 2.29. The van der Waals surface area contributed by atoms with E-state index in [1.807, 2.05) is 0 Å². The number of nitrogens with two attached hydrogens (primary N) is 1. The number of hydrogen-bond acceptors (Lipinski definition) is 3. The first kappa shape index (κ1) is 7.53. The van der Waals surface area contributed by atoms with Crippen molar-refractivity contribution in [3.05, 3.63) is 17.2 Å². The number of ether oxygens (including phenoxy) is 1. The van der Waals surface area contributed by atoms with Crippen LogP contribution in [-0.2, 0) is 24.5 Å². The van der Waals surface area contributed by atoms with Crippen LogP contribution in [0.15, 0.2) is 0 Å². The third kappa shape index (κ3) is 0.957. The summed E-state index contributed by atoms with van der Waals surface area (Å²) in [6, 6.07) is 0.138. The Morgan fingerprint density at radius 3 is 3.31 bits per heavy atom. The van der Waals surface area contributed by atoms with E-state index in [0.29, 0.717) is 6.61 Å². The van der Waals surface area contributed by atoms with Gasteiger partial charge in [0.2, 0.25) is 0 Å². The topological polar surface area (TPSA) is 53.1 Å². The molecule has 2 N–H and O–H groups in total. The molecule has 2 aliphatic heterocycles. The molecule has 4 nitrogen and oxygen atoms in total. The fraction of sp³-hybridized carbons (Fsp3) is 0.667. The zero-order valence-electron chi connectivity index (χ0n) is 7.49. The second-order valence-corrected chi connectivity index (χ2v) is 3.76. The van der Waals surface area contributed by atoms with Crippen LogP contribution in [0.2, 0.25) is 0 Å². The van der Waals surface area contributed by atoms with Crippen LogP contribution in [0.25, 0.3) is 0 Å². The Hall–Kier alpha value is -0.870. The van der Waals surface area contributed by atoms with E-state index in [4.69, 9.17) is 10.5 Å². The van der Waals surface area contributed by atoms with Gasteiger partial charge in [0.1, 0.15) is 5.82 Å². The van der Waals surface area contributed by atoms with Crippen molar-refractivity contribution in [1.29, 1.82) is 0 Å². The molecule has 0 fully saturated rings. The van der Waals surface area contributed by atoms with Gasteiger partial charge < -0.3 is 15.0 Å². The van der Waals surface area contributed by atoms with Crippen molar-refractivity contribution in [2.75, 3.05) is 0 Å². The van der Waals surface area contributed by atoms with Gasteiger partial charge in [0.15, 0.2) is 0 Å². The summed E-state index contributed by atoms with van der Waals surface area (Å²) < 4.78 is 7.58. The van der Waals surface area contributed by atoms with Crippen molar-refractivity contribution in [1.82, 2.24) is 9.55 Å². The van der Waals surface area contributed by atoms with Crippen molar-refractivity contribution in [3.8, 4) is 0 Å². The second-order valence-electron chi connectivity index (χ2n) is 3.76. The van der Waals surface area contributed by atoms with E-state index >= 15 is 0 Å². The van der Waals surface area contributed by atoms with E-state index in [1.165, 1.54) is 5.69 Å². The molecule has 0 saturated heterocycles. The summed E-state index contributed by atoms with van der Waals surface area (Å²) in [6.45, 7) is 2.45. The number of imidazole rings is 1. The van der Waals surface area contributed by atoms with Gasteiger partial charge in [-0.15, -0.1) is 0 Å². The lowest BCUT2D eigenvalue weighted by Gasteiger charge is -2.21. The minimum Gasteiger partial charge on any atom is -0.369 e. The fourth-order valence-corrected chi connectivity index (χ4v) is 2.21. The molecule has 1 aromatic heterocycles. The number of nitrogens with zero attached hydrogens (tertiary/aromatic N) is 2. The monoisotopic (exact) mass is 179 g/mol. The largest absolute Gasteiger partial charge is 0.369 e. The Balaban J connectivity index is 2.14. The molecule has 0 spiro atoms. The van der Waals surface area contributed by atoms with Gasteiger partial charge in [-0.05, 0) is 12.8 Å². The molecule has 0 saturated carbocycles. The number of aromatic nitrogens is 2. The minimum atomic E-state index is 0.138. The van der Waals surface area contributed by atoms with E-state index in [-0.39, 0.29) is 6.04 Å². The summed E-state index contributed by atoms with van der Waals surface area (Å²) in [5.41, 5.74) is 8.34. The molecule has 13 heavy (non-hydrogen) atoms. The Kier molecular flexibility index (Phi) is 1.48. The third-order valence-corrected chi connectivity index (χ3v) is 2.89. The lowest BCUT2D eigenvalue weighted by Crippen LogP contribution is -2.23. The van der Waals surface area contributed by atoms with Gasteiger partial charge in [-0.3, -0.25) is 0 Å². The average molecular weight is 179 g/mol. The molecule has 70 valence electrons. The molecule has 1 unspecified atom stereocenters.